The molecule has 0 aliphatic rings. The van der Waals surface area contributed by atoms with Crippen molar-refractivity contribution in [2.24, 2.45) is 5.73 Å². The highest BCUT2D eigenvalue weighted by atomic mass is 79.9. The molecule has 0 spiro atoms. The van der Waals surface area contributed by atoms with Crippen LogP contribution in [0.15, 0.2) is 28.7 Å². The number of nitrogens with zero attached hydrogens (tertiary/aromatic N) is 1. The number of rotatable bonds is 3. The minimum atomic E-state index is -0.360. The number of aromatic nitrogens is 1. The molecule has 0 atom stereocenters. The molecule has 0 bridgehead atoms. The minimum Gasteiger partial charge on any atom is -0.457 e. The Labute approximate surface area is 119 Å². The summed E-state index contributed by atoms with van der Waals surface area (Å²) in [5.41, 5.74) is 8.20. The molecule has 0 saturated carbocycles. The number of benzene rings is 1. The third-order valence-electron chi connectivity index (χ3n) is 2.69. The molecule has 1 heterocycles. The molecule has 19 heavy (non-hydrogen) atoms. The second-order valence-corrected chi connectivity index (χ2v) is 5.15. The van der Waals surface area contributed by atoms with Gasteiger partial charge in [0, 0.05) is 40.1 Å². The van der Waals surface area contributed by atoms with Crippen molar-refractivity contribution in [2.45, 2.75) is 20.4 Å². The average Bonchev–Trinajstić information content (AvgIpc) is 2.26. The van der Waals surface area contributed by atoms with Crippen LogP contribution in [0.3, 0.4) is 0 Å². The van der Waals surface area contributed by atoms with E-state index in [-0.39, 0.29) is 5.82 Å². The molecular weight excluding hydrogens is 311 g/mol. The lowest BCUT2D eigenvalue weighted by Gasteiger charge is -2.13. The van der Waals surface area contributed by atoms with Crippen molar-refractivity contribution in [1.29, 1.82) is 0 Å². The van der Waals surface area contributed by atoms with Crippen molar-refractivity contribution in [2.75, 3.05) is 0 Å². The highest BCUT2D eigenvalue weighted by Gasteiger charge is 2.10. The largest absolute Gasteiger partial charge is 0.457 e. The van der Waals surface area contributed by atoms with E-state index in [0.29, 0.717) is 22.5 Å². The first-order valence-electron chi connectivity index (χ1n) is 5.80. The topological polar surface area (TPSA) is 48.1 Å². The van der Waals surface area contributed by atoms with Gasteiger partial charge in [-0.15, -0.1) is 0 Å². The quantitative estimate of drug-likeness (QED) is 0.932. The maximum Gasteiger partial charge on any atom is 0.135 e. The second-order valence-electron chi connectivity index (χ2n) is 4.24. The highest BCUT2D eigenvalue weighted by Crippen LogP contribution is 2.29. The minimum absolute atomic E-state index is 0.324. The number of nitrogens with two attached hydrogens (primary N) is 1. The second kappa shape index (κ2) is 5.67. The van der Waals surface area contributed by atoms with Crippen molar-refractivity contribution in [3.05, 3.63) is 51.5 Å². The number of ether oxygens (including phenoxy) is 1. The summed E-state index contributed by atoms with van der Waals surface area (Å²) < 4.78 is 19.7. The summed E-state index contributed by atoms with van der Waals surface area (Å²) in [6.07, 6.45) is 0. The summed E-state index contributed by atoms with van der Waals surface area (Å²) in [6.45, 7) is 4.08. The Morgan fingerprint density at radius 1 is 1.26 bits per heavy atom. The van der Waals surface area contributed by atoms with Gasteiger partial charge in [-0.25, -0.2) is 4.39 Å². The predicted molar refractivity (Wildman–Crippen MR) is 75.8 cm³/mol. The summed E-state index contributed by atoms with van der Waals surface area (Å²) in [5, 5.41) is 0. The molecule has 1 aromatic heterocycles. The van der Waals surface area contributed by atoms with E-state index in [4.69, 9.17) is 10.5 Å². The van der Waals surface area contributed by atoms with E-state index >= 15 is 0 Å². The zero-order valence-corrected chi connectivity index (χ0v) is 12.3. The third kappa shape index (κ3) is 3.30. The van der Waals surface area contributed by atoms with Gasteiger partial charge < -0.3 is 10.5 Å². The Hall–Kier alpha value is -1.46. The van der Waals surface area contributed by atoms with Crippen LogP contribution in [0.1, 0.15) is 17.0 Å². The van der Waals surface area contributed by atoms with E-state index in [0.717, 1.165) is 17.0 Å². The van der Waals surface area contributed by atoms with E-state index in [1.165, 1.54) is 12.1 Å². The van der Waals surface area contributed by atoms with Gasteiger partial charge in [-0.2, -0.15) is 0 Å². The van der Waals surface area contributed by atoms with Crippen molar-refractivity contribution in [1.82, 2.24) is 4.98 Å². The SMILES string of the molecule is Cc1cc(Oc2cc(F)cc(Br)c2)c(CN)c(C)n1. The van der Waals surface area contributed by atoms with Gasteiger partial charge in [0.25, 0.3) is 0 Å². The van der Waals surface area contributed by atoms with Crippen LogP contribution >= 0.6 is 15.9 Å². The average molecular weight is 325 g/mol. The summed E-state index contributed by atoms with van der Waals surface area (Å²) in [6, 6.07) is 6.21. The van der Waals surface area contributed by atoms with Gasteiger partial charge in [0.15, 0.2) is 0 Å². The van der Waals surface area contributed by atoms with E-state index < -0.39 is 0 Å². The van der Waals surface area contributed by atoms with Crippen LogP contribution in [0.5, 0.6) is 11.5 Å². The molecule has 0 saturated heterocycles. The predicted octanol–water partition coefficient (Wildman–Crippen LogP) is 3.85. The molecule has 1 aromatic carbocycles. The van der Waals surface area contributed by atoms with Gasteiger partial charge in [0.05, 0.1) is 0 Å². The first-order chi connectivity index (χ1) is 8.99. The fraction of sp³-hybridized carbons (Fsp3) is 0.214. The van der Waals surface area contributed by atoms with Crippen LogP contribution in [0, 0.1) is 19.7 Å². The van der Waals surface area contributed by atoms with Gasteiger partial charge in [0.1, 0.15) is 17.3 Å². The molecule has 0 aliphatic heterocycles. The first kappa shape index (κ1) is 14.0. The van der Waals surface area contributed by atoms with Crippen LogP contribution in [0.25, 0.3) is 0 Å². The van der Waals surface area contributed by atoms with Gasteiger partial charge in [0.2, 0.25) is 0 Å². The Balaban J connectivity index is 2.42. The number of hydrogen-bond donors (Lipinski definition) is 1. The highest BCUT2D eigenvalue weighted by molar-refractivity contribution is 9.10. The Kier molecular flexibility index (Phi) is 4.17. The molecule has 100 valence electrons. The molecule has 5 heteroatoms. The van der Waals surface area contributed by atoms with Gasteiger partial charge in [-0.1, -0.05) is 15.9 Å². The van der Waals surface area contributed by atoms with Crippen molar-refractivity contribution < 1.29 is 9.13 Å². The van der Waals surface area contributed by atoms with E-state index in [9.17, 15) is 4.39 Å². The fourth-order valence-corrected chi connectivity index (χ4v) is 2.32. The number of hydrogen-bond acceptors (Lipinski definition) is 3. The smallest absolute Gasteiger partial charge is 0.135 e. The lowest BCUT2D eigenvalue weighted by atomic mass is 10.1. The van der Waals surface area contributed by atoms with Gasteiger partial charge in [-0.3, -0.25) is 4.98 Å². The molecule has 2 N–H and O–H groups in total. The van der Waals surface area contributed by atoms with Gasteiger partial charge in [-0.05, 0) is 26.0 Å². The van der Waals surface area contributed by atoms with Crippen LogP contribution in [-0.2, 0) is 6.54 Å². The standard InChI is InChI=1S/C14H14BrFN2O/c1-8-3-14(13(7-17)9(2)18-8)19-12-5-10(15)4-11(16)6-12/h3-6H,7,17H2,1-2H3. The molecule has 0 unspecified atom stereocenters. The number of pyridine rings is 1. The summed E-state index contributed by atoms with van der Waals surface area (Å²) in [4.78, 5) is 4.34. The monoisotopic (exact) mass is 324 g/mol. The Morgan fingerprint density at radius 2 is 2.00 bits per heavy atom. The van der Waals surface area contributed by atoms with Crippen molar-refractivity contribution in [3.8, 4) is 11.5 Å². The van der Waals surface area contributed by atoms with E-state index in [2.05, 4.69) is 20.9 Å². The fourth-order valence-electron chi connectivity index (χ4n) is 1.87. The summed E-state index contributed by atoms with van der Waals surface area (Å²) >= 11 is 3.23. The molecular formula is C14H14BrFN2O. The van der Waals surface area contributed by atoms with E-state index in [1.54, 1.807) is 12.1 Å². The van der Waals surface area contributed by atoms with Crippen LogP contribution in [-0.4, -0.2) is 4.98 Å². The lowest BCUT2D eigenvalue weighted by Crippen LogP contribution is -2.05. The molecule has 0 fully saturated rings. The zero-order chi connectivity index (χ0) is 14.0. The maximum absolute atomic E-state index is 13.3. The van der Waals surface area contributed by atoms with Crippen LogP contribution in [0.2, 0.25) is 0 Å². The molecule has 0 amide bonds. The van der Waals surface area contributed by atoms with Crippen molar-refractivity contribution >= 4 is 15.9 Å². The number of halogens is 2. The molecule has 0 aliphatic carbocycles. The summed E-state index contributed by atoms with van der Waals surface area (Å²) in [5.74, 6) is 0.678. The number of aryl methyl sites for hydroxylation is 2. The van der Waals surface area contributed by atoms with Gasteiger partial charge >= 0.3 is 0 Å². The van der Waals surface area contributed by atoms with Crippen LogP contribution < -0.4 is 10.5 Å². The molecule has 2 aromatic rings. The van der Waals surface area contributed by atoms with Crippen molar-refractivity contribution in [3.63, 3.8) is 0 Å². The third-order valence-corrected chi connectivity index (χ3v) is 3.14. The zero-order valence-electron chi connectivity index (χ0n) is 10.7. The Bertz CT molecular complexity index is 596. The maximum atomic E-state index is 13.3. The van der Waals surface area contributed by atoms with E-state index in [1.807, 2.05) is 13.8 Å². The Morgan fingerprint density at radius 3 is 2.63 bits per heavy atom. The normalized spacial score (nSPS) is 10.6. The van der Waals surface area contributed by atoms with Crippen LogP contribution in [0.4, 0.5) is 4.39 Å². The summed E-state index contributed by atoms with van der Waals surface area (Å²) in [7, 11) is 0. The molecule has 0 radical (unpaired) electrons. The molecule has 2 rings (SSSR count). The molecule has 3 nitrogen and oxygen atoms in total. The first-order valence-corrected chi connectivity index (χ1v) is 6.60. The lowest BCUT2D eigenvalue weighted by molar-refractivity contribution is 0.468.